The second kappa shape index (κ2) is 5.82. The van der Waals surface area contributed by atoms with E-state index in [9.17, 15) is 18.0 Å². The molecule has 1 fully saturated rings. The first kappa shape index (κ1) is 14.8. The molecule has 0 spiro atoms. The number of aromatic nitrogens is 2. The zero-order chi connectivity index (χ0) is 14.8. The molecule has 0 bridgehead atoms. The third-order valence-corrected chi connectivity index (χ3v) is 3.20. The lowest BCUT2D eigenvalue weighted by Gasteiger charge is -2.18. The Morgan fingerprint density at radius 2 is 2.15 bits per heavy atom. The van der Waals surface area contributed by atoms with Gasteiger partial charge in [0, 0.05) is 13.3 Å². The second-order valence-electron chi connectivity index (χ2n) is 4.63. The lowest BCUT2D eigenvalue weighted by Crippen LogP contribution is -2.29. The predicted molar refractivity (Wildman–Crippen MR) is 61.8 cm³/mol. The van der Waals surface area contributed by atoms with Crippen molar-refractivity contribution < 1.29 is 27.4 Å². The molecule has 0 N–H and O–H groups in total. The van der Waals surface area contributed by atoms with E-state index in [-0.39, 0.29) is 18.8 Å². The van der Waals surface area contributed by atoms with Crippen LogP contribution in [0, 0.1) is 0 Å². The van der Waals surface area contributed by atoms with Crippen LogP contribution < -0.4 is 0 Å². The van der Waals surface area contributed by atoms with E-state index < -0.39 is 17.8 Å². The summed E-state index contributed by atoms with van der Waals surface area (Å²) < 4.78 is 48.4. The molecule has 2 rings (SSSR count). The van der Waals surface area contributed by atoms with Gasteiger partial charge in [0.15, 0.2) is 5.69 Å². The Morgan fingerprint density at radius 1 is 1.45 bits per heavy atom. The minimum absolute atomic E-state index is 0.137. The molecule has 1 aliphatic rings. The molecular weight excluding hydrogens is 277 g/mol. The molecule has 20 heavy (non-hydrogen) atoms. The molecule has 8 heteroatoms. The van der Waals surface area contributed by atoms with Gasteiger partial charge in [0.1, 0.15) is 12.6 Å². The summed E-state index contributed by atoms with van der Waals surface area (Å²) in [5, 5.41) is 3.29. The van der Waals surface area contributed by atoms with Crippen LogP contribution in [0.5, 0.6) is 0 Å². The first-order valence-corrected chi connectivity index (χ1v) is 6.23. The molecule has 2 unspecified atom stereocenters. The first-order valence-electron chi connectivity index (χ1n) is 6.23. The van der Waals surface area contributed by atoms with Crippen molar-refractivity contribution in [1.29, 1.82) is 0 Å². The number of esters is 1. The molecule has 1 aromatic heterocycles. The molecule has 0 amide bonds. The number of nitrogens with zero attached hydrogens (tertiary/aromatic N) is 2. The number of halogens is 3. The number of rotatable bonds is 4. The van der Waals surface area contributed by atoms with E-state index in [4.69, 9.17) is 9.47 Å². The van der Waals surface area contributed by atoms with Crippen molar-refractivity contribution in [3.8, 4) is 0 Å². The quantitative estimate of drug-likeness (QED) is 0.797. The number of ether oxygens (including phenoxy) is 2. The maximum absolute atomic E-state index is 12.4. The van der Waals surface area contributed by atoms with Gasteiger partial charge >= 0.3 is 12.1 Å². The van der Waals surface area contributed by atoms with Crippen molar-refractivity contribution in [3.63, 3.8) is 0 Å². The third-order valence-electron chi connectivity index (χ3n) is 3.20. The molecule has 5 nitrogen and oxygen atoms in total. The van der Waals surface area contributed by atoms with Crippen LogP contribution in [0.2, 0.25) is 0 Å². The van der Waals surface area contributed by atoms with Gasteiger partial charge in [-0.3, -0.25) is 9.48 Å². The standard InChI is InChI=1S/C12H15F3N2O3/c1-19-8-3-2-4-9(8)20-11(18)7-17-6-5-10(16-17)12(13,14)15/h5-6,8-9H,2-4,7H2,1H3. The van der Waals surface area contributed by atoms with Gasteiger partial charge in [0.25, 0.3) is 0 Å². The average Bonchev–Trinajstić information content (AvgIpc) is 2.97. The summed E-state index contributed by atoms with van der Waals surface area (Å²) in [6, 6.07) is 0.820. The highest BCUT2D eigenvalue weighted by molar-refractivity contribution is 5.69. The molecule has 1 aromatic rings. The fourth-order valence-electron chi connectivity index (χ4n) is 2.24. The van der Waals surface area contributed by atoms with Crippen molar-refractivity contribution in [2.45, 2.75) is 44.2 Å². The van der Waals surface area contributed by atoms with Gasteiger partial charge in [-0.25, -0.2) is 0 Å². The fraction of sp³-hybridized carbons (Fsp3) is 0.667. The Hall–Kier alpha value is -1.57. The van der Waals surface area contributed by atoms with E-state index >= 15 is 0 Å². The number of methoxy groups -OCH3 is 1. The van der Waals surface area contributed by atoms with Gasteiger partial charge in [0.05, 0.1) is 6.10 Å². The Morgan fingerprint density at radius 3 is 2.75 bits per heavy atom. The maximum atomic E-state index is 12.4. The SMILES string of the molecule is COC1CCCC1OC(=O)Cn1ccc(C(F)(F)F)n1. The van der Waals surface area contributed by atoms with Crippen LogP contribution in [0.4, 0.5) is 13.2 Å². The highest BCUT2D eigenvalue weighted by atomic mass is 19.4. The molecule has 1 aliphatic carbocycles. The van der Waals surface area contributed by atoms with E-state index in [1.807, 2.05) is 0 Å². The minimum Gasteiger partial charge on any atom is -0.458 e. The summed E-state index contributed by atoms with van der Waals surface area (Å²) in [6.45, 7) is -0.344. The topological polar surface area (TPSA) is 53.4 Å². The van der Waals surface area contributed by atoms with E-state index in [0.29, 0.717) is 6.42 Å². The smallest absolute Gasteiger partial charge is 0.435 e. The fourth-order valence-corrected chi connectivity index (χ4v) is 2.24. The Bertz CT molecular complexity index is 473. The van der Waals surface area contributed by atoms with Gasteiger partial charge in [-0.2, -0.15) is 18.3 Å². The van der Waals surface area contributed by atoms with Gasteiger partial charge in [-0.15, -0.1) is 0 Å². The summed E-state index contributed by atoms with van der Waals surface area (Å²) in [5.74, 6) is -0.615. The van der Waals surface area contributed by atoms with E-state index in [2.05, 4.69) is 5.10 Å². The van der Waals surface area contributed by atoms with Crippen LogP contribution in [0.15, 0.2) is 12.3 Å². The summed E-state index contributed by atoms with van der Waals surface area (Å²) >= 11 is 0. The number of carbonyl (C=O) groups excluding carboxylic acids is 1. The van der Waals surface area contributed by atoms with Gasteiger partial charge < -0.3 is 9.47 Å². The van der Waals surface area contributed by atoms with Gasteiger partial charge in [-0.1, -0.05) is 0 Å². The first-order chi connectivity index (χ1) is 9.40. The van der Waals surface area contributed by atoms with Crippen molar-refractivity contribution in [2.24, 2.45) is 0 Å². The lowest BCUT2D eigenvalue weighted by atomic mass is 10.2. The Labute approximate surface area is 113 Å². The van der Waals surface area contributed by atoms with Crippen molar-refractivity contribution in [1.82, 2.24) is 9.78 Å². The summed E-state index contributed by atoms with van der Waals surface area (Å²) in [7, 11) is 1.54. The normalized spacial score (nSPS) is 23.0. The van der Waals surface area contributed by atoms with E-state index in [1.165, 1.54) is 0 Å². The van der Waals surface area contributed by atoms with Crippen molar-refractivity contribution in [2.75, 3.05) is 7.11 Å². The van der Waals surface area contributed by atoms with E-state index in [0.717, 1.165) is 29.8 Å². The van der Waals surface area contributed by atoms with Crippen LogP contribution in [-0.2, 0) is 27.0 Å². The molecule has 0 saturated heterocycles. The molecular formula is C12H15F3N2O3. The zero-order valence-electron chi connectivity index (χ0n) is 10.9. The molecule has 1 heterocycles. The van der Waals surface area contributed by atoms with Crippen LogP contribution in [0.25, 0.3) is 0 Å². The van der Waals surface area contributed by atoms with Crippen molar-refractivity contribution in [3.05, 3.63) is 18.0 Å². The van der Waals surface area contributed by atoms with E-state index in [1.54, 1.807) is 7.11 Å². The van der Waals surface area contributed by atoms with Crippen LogP contribution in [0.3, 0.4) is 0 Å². The predicted octanol–water partition coefficient (Wildman–Crippen LogP) is 2.01. The Balaban J connectivity index is 1.90. The average molecular weight is 292 g/mol. The number of hydrogen-bond acceptors (Lipinski definition) is 4. The van der Waals surface area contributed by atoms with Gasteiger partial charge in [-0.05, 0) is 25.3 Å². The second-order valence-corrected chi connectivity index (χ2v) is 4.63. The third kappa shape index (κ3) is 3.50. The summed E-state index contributed by atoms with van der Waals surface area (Å²) in [4.78, 5) is 11.7. The highest BCUT2D eigenvalue weighted by Gasteiger charge is 2.34. The van der Waals surface area contributed by atoms with Crippen LogP contribution >= 0.6 is 0 Å². The molecule has 0 aliphatic heterocycles. The number of carbonyl (C=O) groups is 1. The van der Waals surface area contributed by atoms with Crippen molar-refractivity contribution >= 4 is 5.97 Å². The summed E-state index contributed by atoms with van der Waals surface area (Å²) in [5.41, 5.74) is -1.03. The lowest BCUT2D eigenvalue weighted by molar-refractivity contribution is -0.155. The Kier molecular flexibility index (Phi) is 4.32. The molecule has 1 saturated carbocycles. The molecule has 0 radical (unpaired) electrons. The number of alkyl halides is 3. The molecule has 112 valence electrons. The minimum atomic E-state index is -4.51. The largest absolute Gasteiger partial charge is 0.458 e. The summed E-state index contributed by atoms with van der Waals surface area (Å²) in [6.07, 6.45) is -1.46. The number of hydrogen-bond donors (Lipinski definition) is 0. The molecule has 2 atom stereocenters. The maximum Gasteiger partial charge on any atom is 0.435 e. The van der Waals surface area contributed by atoms with Crippen LogP contribution in [-0.4, -0.2) is 35.1 Å². The molecule has 0 aromatic carbocycles. The highest BCUT2D eigenvalue weighted by Crippen LogP contribution is 2.27. The van der Waals surface area contributed by atoms with Gasteiger partial charge in [0.2, 0.25) is 0 Å². The van der Waals surface area contributed by atoms with Crippen LogP contribution in [0.1, 0.15) is 25.0 Å². The monoisotopic (exact) mass is 292 g/mol. The zero-order valence-corrected chi connectivity index (χ0v) is 10.9.